The maximum atomic E-state index is 10.9. The molecule has 0 fully saturated rings. The lowest BCUT2D eigenvalue weighted by Gasteiger charge is -1.90. The summed E-state index contributed by atoms with van der Waals surface area (Å²) in [6.07, 6.45) is 0. The summed E-state index contributed by atoms with van der Waals surface area (Å²) in [6.45, 7) is 0. The van der Waals surface area contributed by atoms with Gasteiger partial charge in [0.2, 0.25) is 5.76 Å². The first-order chi connectivity index (χ1) is 5.68. The Morgan fingerprint density at radius 1 is 1.17 bits per heavy atom. The molecule has 0 aromatic carbocycles. The summed E-state index contributed by atoms with van der Waals surface area (Å²) >= 11 is 0. The molecule has 1 N–H and O–H groups in total. The lowest BCUT2D eigenvalue weighted by molar-refractivity contribution is -0.112. The molecule has 0 radical (unpaired) electrons. The van der Waals surface area contributed by atoms with Gasteiger partial charge in [0.25, 0.3) is 11.7 Å². The van der Waals surface area contributed by atoms with Crippen LogP contribution in [0.2, 0.25) is 0 Å². The molecule has 2 heterocycles. The third kappa shape index (κ3) is 0.763. The summed E-state index contributed by atoms with van der Waals surface area (Å²) in [5, 5.41) is 2.25. The third-order valence-corrected chi connectivity index (χ3v) is 1.49. The standard InChI is InChI=1S/C7H3NO4/c9-4-2-1-3-6(12-4)5(10)7(11)8-3/h1-2H,(H,8,10,11). The Bertz CT molecular complexity index is 431. The highest BCUT2D eigenvalue weighted by Crippen LogP contribution is 2.19. The van der Waals surface area contributed by atoms with Gasteiger partial charge >= 0.3 is 5.63 Å². The van der Waals surface area contributed by atoms with E-state index in [1.807, 2.05) is 0 Å². The fourth-order valence-corrected chi connectivity index (χ4v) is 0.966. The predicted molar refractivity (Wildman–Crippen MR) is 37.9 cm³/mol. The number of carbonyl (C=O) groups excluding carboxylic acids is 2. The van der Waals surface area contributed by atoms with Crippen molar-refractivity contribution >= 4 is 17.4 Å². The lowest BCUT2D eigenvalue weighted by atomic mass is 10.3. The molecule has 0 unspecified atom stereocenters. The second-order valence-electron chi connectivity index (χ2n) is 2.28. The smallest absolute Gasteiger partial charge is 0.336 e. The van der Waals surface area contributed by atoms with Gasteiger partial charge in [-0.3, -0.25) is 9.59 Å². The van der Waals surface area contributed by atoms with Gasteiger partial charge in [0, 0.05) is 6.07 Å². The Balaban J connectivity index is 2.71. The largest absolute Gasteiger partial charge is 0.417 e. The highest BCUT2D eigenvalue weighted by Gasteiger charge is 2.30. The van der Waals surface area contributed by atoms with E-state index in [0.29, 0.717) is 0 Å². The normalized spacial score (nSPS) is 14.3. The first kappa shape index (κ1) is 6.78. The van der Waals surface area contributed by atoms with E-state index < -0.39 is 17.3 Å². The van der Waals surface area contributed by atoms with E-state index in [2.05, 4.69) is 9.73 Å². The molecule has 5 nitrogen and oxygen atoms in total. The van der Waals surface area contributed by atoms with Crippen molar-refractivity contribution in [2.24, 2.45) is 0 Å². The summed E-state index contributed by atoms with van der Waals surface area (Å²) in [7, 11) is 0. The van der Waals surface area contributed by atoms with Gasteiger partial charge < -0.3 is 9.73 Å². The minimum absolute atomic E-state index is 0.201. The lowest BCUT2D eigenvalue weighted by Crippen LogP contribution is -2.12. The quantitative estimate of drug-likeness (QED) is 0.539. The zero-order valence-corrected chi connectivity index (χ0v) is 5.79. The van der Waals surface area contributed by atoms with Crippen LogP contribution in [0.5, 0.6) is 0 Å². The van der Waals surface area contributed by atoms with Crippen molar-refractivity contribution in [1.82, 2.24) is 0 Å². The van der Waals surface area contributed by atoms with Gasteiger partial charge in [0.05, 0.1) is 5.69 Å². The van der Waals surface area contributed by atoms with Crippen LogP contribution in [0.25, 0.3) is 0 Å². The summed E-state index contributed by atoms with van der Waals surface area (Å²) < 4.78 is 4.51. The predicted octanol–water partition coefficient (Wildman–Crippen LogP) is -0.225. The molecule has 0 bridgehead atoms. The SMILES string of the molecule is O=C1Nc2ccc(=O)oc2C1=O. The average molecular weight is 165 g/mol. The molecule has 60 valence electrons. The van der Waals surface area contributed by atoms with Gasteiger partial charge in [-0.25, -0.2) is 4.79 Å². The highest BCUT2D eigenvalue weighted by atomic mass is 16.4. The minimum atomic E-state index is -0.803. The van der Waals surface area contributed by atoms with E-state index in [-0.39, 0.29) is 11.4 Å². The van der Waals surface area contributed by atoms with Crippen molar-refractivity contribution in [2.45, 2.75) is 0 Å². The Morgan fingerprint density at radius 2 is 1.92 bits per heavy atom. The second-order valence-corrected chi connectivity index (χ2v) is 2.28. The maximum Gasteiger partial charge on any atom is 0.336 e. The molecule has 0 atom stereocenters. The molecule has 1 aliphatic heterocycles. The molecule has 1 aromatic heterocycles. The maximum absolute atomic E-state index is 10.9. The van der Waals surface area contributed by atoms with Crippen molar-refractivity contribution in [2.75, 3.05) is 5.32 Å². The van der Waals surface area contributed by atoms with E-state index in [1.165, 1.54) is 6.07 Å². The van der Waals surface area contributed by atoms with Crippen LogP contribution in [-0.4, -0.2) is 11.7 Å². The monoisotopic (exact) mass is 165 g/mol. The van der Waals surface area contributed by atoms with E-state index in [0.717, 1.165) is 6.07 Å². The van der Waals surface area contributed by atoms with Crippen LogP contribution in [0.1, 0.15) is 10.6 Å². The van der Waals surface area contributed by atoms with E-state index in [9.17, 15) is 14.4 Å². The Morgan fingerprint density at radius 3 is 2.67 bits per heavy atom. The van der Waals surface area contributed by atoms with Crippen molar-refractivity contribution in [1.29, 1.82) is 0 Å². The van der Waals surface area contributed by atoms with Crippen LogP contribution in [0.15, 0.2) is 21.3 Å². The van der Waals surface area contributed by atoms with Gasteiger partial charge in [-0.15, -0.1) is 0 Å². The van der Waals surface area contributed by atoms with Gasteiger partial charge in [0.1, 0.15) is 0 Å². The number of hydrogen-bond acceptors (Lipinski definition) is 4. The van der Waals surface area contributed by atoms with Crippen LogP contribution in [-0.2, 0) is 4.79 Å². The molecule has 12 heavy (non-hydrogen) atoms. The molecular weight excluding hydrogens is 162 g/mol. The van der Waals surface area contributed by atoms with Crippen molar-refractivity contribution in [3.8, 4) is 0 Å². The van der Waals surface area contributed by atoms with Gasteiger partial charge in [0.15, 0.2) is 0 Å². The molecule has 0 spiro atoms. The van der Waals surface area contributed by atoms with Crippen LogP contribution in [0.4, 0.5) is 5.69 Å². The molecule has 5 heteroatoms. The summed E-state index contributed by atoms with van der Waals surface area (Å²) in [5.74, 6) is -1.77. The molecule has 0 aliphatic carbocycles. The number of anilines is 1. The number of hydrogen-bond donors (Lipinski definition) is 1. The summed E-state index contributed by atoms with van der Waals surface area (Å²) in [6, 6.07) is 2.47. The first-order valence-electron chi connectivity index (χ1n) is 3.18. The average Bonchev–Trinajstić information content (AvgIpc) is 2.31. The van der Waals surface area contributed by atoms with Crippen molar-refractivity contribution in [3.63, 3.8) is 0 Å². The second kappa shape index (κ2) is 2.04. The topological polar surface area (TPSA) is 76.4 Å². The summed E-state index contributed by atoms with van der Waals surface area (Å²) in [5.41, 5.74) is -0.386. The molecular formula is C7H3NO4. The molecule has 0 saturated carbocycles. The number of carbonyl (C=O) groups is 2. The fourth-order valence-electron chi connectivity index (χ4n) is 0.966. The van der Waals surface area contributed by atoms with Crippen LogP contribution >= 0.6 is 0 Å². The molecule has 0 saturated heterocycles. The fraction of sp³-hybridized carbons (Fsp3) is 0. The Labute approximate surface area is 66.0 Å². The molecule has 2 rings (SSSR count). The third-order valence-electron chi connectivity index (χ3n) is 1.49. The molecule has 1 amide bonds. The zero-order chi connectivity index (χ0) is 8.72. The van der Waals surface area contributed by atoms with Gasteiger partial charge in [-0.1, -0.05) is 0 Å². The molecule has 1 aromatic rings. The van der Waals surface area contributed by atoms with Crippen LogP contribution < -0.4 is 10.9 Å². The number of rotatable bonds is 0. The number of ketones is 1. The first-order valence-corrected chi connectivity index (χ1v) is 3.18. The highest BCUT2D eigenvalue weighted by molar-refractivity contribution is 6.50. The van der Waals surface area contributed by atoms with E-state index >= 15 is 0 Å². The van der Waals surface area contributed by atoms with Crippen molar-refractivity contribution in [3.05, 3.63) is 28.3 Å². The van der Waals surface area contributed by atoms with Crippen LogP contribution in [0, 0.1) is 0 Å². The number of Topliss-reactive ketones (excluding diaryl/α,β-unsaturated/α-hetero) is 1. The van der Waals surface area contributed by atoms with Crippen LogP contribution in [0.3, 0.4) is 0 Å². The number of nitrogens with one attached hydrogen (secondary N) is 1. The number of fused-ring (bicyclic) bond motifs is 1. The molecule has 1 aliphatic rings. The Hall–Kier alpha value is -1.91. The summed E-state index contributed by atoms with van der Waals surface area (Å²) in [4.78, 5) is 32.2. The Kier molecular flexibility index (Phi) is 1.15. The van der Waals surface area contributed by atoms with Gasteiger partial charge in [-0.2, -0.15) is 0 Å². The van der Waals surface area contributed by atoms with E-state index in [1.54, 1.807) is 0 Å². The van der Waals surface area contributed by atoms with E-state index in [4.69, 9.17) is 0 Å². The number of amides is 1. The zero-order valence-electron chi connectivity index (χ0n) is 5.79. The van der Waals surface area contributed by atoms with Gasteiger partial charge in [-0.05, 0) is 6.07 Å². The minimum Gasteiger partial charge on any atom is -0.417 e. The van der Waals surface area contributed by atoms with Crippen molar-refractivity contribution < 1.29 is 14.0 Å².